The van der Waals surface area contributed by atoms with Crippen LogP contribution in [-0.2, 0) is 0 Å². The molecule has 22 heavy (non-hydrogen) atoms. The molecule has 8 heteroatoms. The van der Waals surface area contributed by atoms with Gasteiger partial charge in [0.15, 0.2) is 5.69 Å². The maximum Gasteiger partial charge on any atom is 0.277 e. The molecule has 0 fully saturated rings. The van der Waals surface area contributed by atoms with Gasteiger partial charge in [0, 0.05) is 6.20 Å². The van der Waals surface area contributed by atoms with Gasteiger partial charge in [0.1, 0.15) is 0 Å². The average molecular weight is 379 g/mol. The van der Waals surface area contributed by atoms with Crippen molar-refractivity contribution in [3.8, 4) is 5.69 Å². The number of pyridine rings is 1. The largest absolute Gasteiger partial charge is 0.318 e. The molecule has 0 unspecified atom stereocenters. The van der Waals surface area contributed by atoms with Crippen molar-refractivity contribution in [3.63, 3.8) is 0 Å². The van der Waals surface area contributed by atoms with Crippen LogP contribution in [0.1, 0.15) is 10.5 Å². The molecule has 1 N–H and O–H groups in total. The zero-order valence-electron chi connectivity index (χ0n) is 11.1. The predicted molar refractivity (Wildman–Crippen MR) is 86.3 cm³/mol. The lowest BCUT2D eigenvalue weighted by atomic mass is 10.3. The minimum Gasteiger partial charge on any atom is -0.318 e. The molecule has 0 aliphatic carbocycles. The van der Waals surface area contributed by atoms with Crippen LogP contribution in [0.4, 0.5) is 5.69 Å². The molecule has 0 aliphatic heterocycles. The molecule has 2 heterocycles. The van der Waals surface area contributed by atoms with Crippen LogP contribution in [0.25, 0.3) is 5.69 Å². The van der Waals surface area contributed by atoms with Crippen molar-refractivity contribution in [2.75, 3.05) is 5.32 Å². The smallest absolute Gasteiger partial charge is 0.277 e. The first-order valence-corrected chi connectivity index (χ1v) is 7.40. The molecule has 0 saturated heterocycles. The maximum atomic E-state index is 12.2. The molecule has 0 saturated carbocycles. The lowest BCUT2D eigenvalue weighted by Crippen LogP contribution is -2.13. The number of nitrogens with one attached hydrogen (secondary N) is 1. The first-order valence-electron chi connectivity index (χ1n) is 6.23. The number of anilines is 1. The third-order valence-electron chi connectivity index (χ3n) is 2.83. The Balaban J connectivity index is 1.82. The van der Waals surface area contributed by atoms with Crippen LogP contribution >= 0.6 is 27.5 Å². The number of hydrogen-bond acceptors (Lipinski definition) is 4. The van der Waals surface area contributed by atoms with Gasteiger partial charge in [-0.25, -0.2) is 4.68 Å². The van der Waals surface area contributed by atoms with Crippen molar-refractivity contribution in [3.05, 3.63) is 64.1 Å². The minimum atomic E-state index is -0.413. The summed E-state index contributed by atoms with van der Waals surface area (Å²) in [7, 11) is 0. The number of para-hydroxylation sites is 1. The van der Waals surface area contributed by atoms with E-state index in [1.54, 1.807) is 12.4 Å². The number of carbonyl (C=O) groups excluding carboxylic acids is 1. The first-order chi connectivity index (χ1) is 10.6. The zero-order chi connectivity index (χ0) is 15.5. The SMILES string of the molecule is O=C(Nc1cncc(Br)c1Cl)c1cn(-c2ccccc2)nn1. The molecule has 110 valence electrons. The van der Waals surface area contributed by atoms with E-state index in [1.165, 1.54) is 10.9 Å². The quantitative estimate of drug-likeness (QED) is 0.759. The number of carbonyl (C=O) groups is 1. The van der Waals surface area contributed by atoms with Crippen molar-refractivity contribution in [2.24, 2.45) is 0 Å². The summed E-state index contributed by atoms with van der Waals surface area (Å²) in [6.07, 6.45) is 4.56. The van der Waals surface area contributed by atoms with Gasteiger partial charge in [0.05, 0.1) is 33.3 Å². The van der Waals surface area contributed by atoms with Gasteiger partial charge in [0.25, 0.3) is 5.91 Å². The zero-order valence-corrected chi connectivity index (χ0v) is 13.4. The van der Waals surface area contributed by atoms with E-state index in [0.29, 0.717) is 15.2 Å². The second kappa shape index (κ2) is 6.25. The first kappa shape index (κ1) is 14.7. The summed E-state index contributed by atoms with van der Waals surface area (Å²) in [5.41, 5.74) is 1.39. The van der Waals surface area contributed by atoms with E-state index in [0.717, 1.165) is 5.69 Å². The summed E-state index contributed by atoms with van der Waals surface area (Å²) >= 11 is 9.33. The Bertz CT molecular complexity index is 821. The molecule has 3 rings (SSSR count). The van der Waals surface area contributed by atoms with E-state index in [9.17, 15) is 4.79 Å². The van der Waals surface area contributed by atoms with Crippen LogP contribution in [-0.4, -0.2) is 25.9 Å². The molecular weight excluding hydrogens is 370 g/mol. The molecule has 0 bridgehead atoms. The normalized spacial score (nSPS) is 10.5. The second-order valence-electron chi connectivity index (χ2n) is 4.32. The third kappa shape index (κ3) is 3.00. The van der Waals surface area contributed by atoms with Crippen LogP contribution in [0.2, 0.25) is 5.02 Å². The Morgan fingerprint density at radius 3 is 2.77 bits per heavy atom. The Kier molecular flexibility index (Phi) is 4.17. The number of amides is 1. The van der Waals surface area contributed by atoms with Crippen LogP contribution < -0.4 is 5.32 Å². The molecule has 0 atom stereocenters. The fraction of sp³-hybridized carbons (Fsp3) is 0. The van der Waals surface area contributed by atoms with Gasteiger partial charge in [-0.2, -0.15) is 0 Å². The Hall–Kier alpha value is -2.25. The van der Waals surface area contributed by atoms with Gasteiger partial charge in [-0.1, -0.05) is 35.0 Å². The highest BCUT2D eigenvalue weighted by atomic mass is 79.9. The fourth-order valence-electron chi connectivity index (χ4n) is 1.77. The highest BCUT2D eigenvalue weighted by Gasteiger charge is 2.14. The number of benzene rings is 1. The van der Waals surface area contributed by atoms with Gasteiger partial charge in [-0.3, -0.25) is 9.78 Å². The summed E-state index contributed by atoms with van der Waals surface area (Å²) in [6.45, 7) is 0. The molecule has 3 aromatic rings. The number of nitrogens with zero attached hydrogens (tertiary/aromatic N) is 4. The third-order valence-corrected chi connectivity index (χ3v) is 4.07. The molecule has 1 aromatic carbocycles. The van der Waals surface area contributed by atoms with Gasteiger partial charge in [-0.15, -0.1) is 5.10 Å². The Morgan fingerprint density at radius 1 is 1.23 bits per heavy atom. The fourth-order valence-corrected chi connectivity index (χ4v) is 2.24. The van der Waals surface area contributed by atoms with E-state index < -0.39 is 5.91 Å². The number of hydrogen-bond donors (Lipinski definition) is 1. The summed E-state index contributed by atoms with van der Waals surface area (Å²) in [5.74, 6) is -0.413. The summed E-state index contributed by atoms with van der Waals surface area (Å²) in [6, 6.07) is 9.39. The molecule has 0 radical (unpaired) electrons. The lowest BCUT2D eigenvalue weighted by molar-refractivity contribution is 0.102. The van der Waals surface area contributed by atoms with Crippen molar-refractivity contribution in [1.82, 2.24) is 20.0 Å². The highest BCUT2D eigenvalue weighted by molar-refractivity contribution is 9.10. The Labute approximate surface area is 139 Å². The number of rotatable bonds is 3. The lowest BCUT2D eigenvalue weighted by Gasteiger charge is -2.05. The standard InChI is InChI=1S/C14H9BrClN5O/c15-10-6-17-7-11(13(10)16)18-14(22)12-8-21(20-19-12)9-4-2-1-3-5-9/h1-8H,(H,18,22). The minimum absolute atomic E-state index is 0.180. The highest BCUT2D eigenvalue weighted by Crippen LogP contribution is 2.28. The monoisotopic (exact) mass is 377 g/mol. The maximum absolute atomic E-state index is 12.2. The van der Waals surface area contributed by atoms with Gasteiger partial charge >= 0.3 is 0 Å². The van der Waals surface area contributed by atoms with Crippen LogP contribution in [0.5, 0.6) is 0 Å². The predicted octanol–water partition coefficient (Wildman–Crippen LogP) is 3.33. The van der Waals surface area contributed by atoms with Crippen molar-refractivity contribution < 1.29 is 4.79 Å². The van der Waals surface area contributed by atoms with E-state index >= 15 is 0 Å². The summed E-state index contributed by atoms with van der Waals surface area (Å²) in [5, 5.41) is 10.8. The van der Waals surface area contributed by atoms with Crippen LogP contribution in [0, 0.1) is 0 Å². The topological polar surface area (TPSA) is 72.7 Å². The molecule has 6 nitrogen and oxygen atoms in total. The van der Waals surface area contributed by atoms with E-state index in [2.05, 4.69) is 36.5 Å². The summed E-state index contributed by atoms with van der Waals surface area (Å²) < 4.78 is 2.12. The van der Waals surface area contributed by atoms with Crippen molar-refractivity contribution in [1.29, 1.82) is 0 Å². The molecule has 0 spiro atoms. The van der Waals surface area contributed by atoms with Gasteiger partial charge in [-0.05, 0) is 28.1 Å². The molecule has 0 aliphatic rings. The molecular formula is C14H9BrClN5O. The van der Waals surface area contributed by atoms with Gasteiger partial charge in [0.2, 0.25) is 0 Å². The second-order valence-corrected chi connectivity index (χ2v) is 5.55. The van der Waals surface area contributed by atoms with Crippen molar-refractivity contribution in [2.45, 2.75) is 0 Å². The summed E-state index contributed by atoms with van der Waals surface area (Å²) in [4.78, 5) is 16.2. The van der Waals surface area contributed by atoms with Crippen molar-refractivity contribution >= 4 is 39.1 Å². The Morgan fingerprint density at radius 2 is 2.00 bits per heavy atom. The molecule has 1 amide bonds. The van der Waals surface area contributed by atoms with Crippen LogP contribution in [0.3, 0.4) is 0 Å². The number of aromatic nitrogens is 4. The van der Waals surface area contributed by atoms with E-state index in [-0.39, 0.29) is 5.69 Å². The van der Waals surface area contributed by atoms with E-state index in [1.807, 2.05) is 30.3 Å². The van der Waals surface area contributed by atoms with Crippen LogP contribution in [0.15, 0.2) is 53.4 Å². The number of halogens is 2. The van der Waals surface area contributed by atoms with Gasteiger partial charge < -0.3 is 5.32 Å². The average Bonchev–Trinajstić information content (AvgIpc) is 3.03. The van der Waals surface area contributed by atoms with E-state index in [4.69, 9.17) is 11.6 Å². The molecule has 2 aromatic heterocycles.